The number of methoxy groups -OCH3 is 2. The van der Waals surface area contributed by atoms with Gasteiger partial charge in [0.2, 0.25) is 10.0 Å². The van der Waals surface area contributed by atoms with E-state index in [1.54, 1.807) is 12.1 Å². The molecule has 0 radical (unpaired) electrons. The Bertz CT molecular complexity index is 1150. The first-order chi connectivity index (χ1) is 14.8. The number of aryl methyl sites for hydroxylation is 1. The summed E-state index contributed by atoms with van der Waals surface area (Å²) < 4.78 is 64.3. The number of sulfonamides is 1. The average molecular weight is 451 g/mol. The summed E-state index contributed by atoms with van der Waals surface area (Å²) in [5.74, 6) is -1.00. The molecule has 0 spiro atoms. The van der Waals surface area contributed by atoms with Gasteiger partial charge < -0.3 is 9.47 Å². The van der Waals surface area contributed by atoms with Crippen molar-refractivity contribution in [2.45, 2.75) is 17.7 Å². The van der Waals surface area contributed by atoms with E-state index in [4.69, 9.17) is 9.47 Å². The van der Waals surface area contributed by atoms with E-state index >= 15 is 0 Å². The Morgan fingerprint density at radius 1 is 1.03 bits per heavy atom. The molecule has 0 unspecified atom stereocenters. The SMILES string of the molecule is COc1cc(F)c(S(=O)(=O)N(C)CCCc2cc(-c3ccc(F)cc3)n[nH]2)cc1OC. The van der Waals surface area contributed by atoms with Gasteiger partial charge in [0, 0.05) is 37.0 Å². The maximum Gasteiger partial charge on any atom is 0.245 e. The van der Waals surface area contributed by atoms with Gasteiger partial charge in [-0.25, -0.2) is 21.5 Å². The zero-order chi connectivity index (χ0) is 22.6. The van der Waals surface area contributed by atoms with Gasteiger partial charge in [-0.15, -0.1) is 0 Å². The first-order valence-electron chi connectivity index (χ1n) is 9.44. The molecule has 0 bridgehead atoms. The Balaban J connectivity index is 1.65. The second-order valence-electron chi connectivity index (χ2n) is 6.85. The van der Waals surface area contributed by atoms with Crippen molar-refractivity contribution in [1.29, 1.82) is 0 Å². The molecule has 0 aliphatic rings. The van der Waals surface area contributed by atoms with Crippen LogP contribution >= 0.6 is 0 Å². The predicted octanol–water partition coefficient (Wildman–Crippen LogP) is 3.63. The topological polar surface area (TPSA) is 84.5 Å². The molecule has 31 heavy (non-hydrogen) atoms. The van der Waals surface area contributed by atoms with E-state index in [0.717, 1.165) is 27.7 Å². The van der Waals surface area contributed by atoms with Crippen LogP contribution in [0.1, 0.15) is 12.1 Å². The molecule has 2 aromatic carbocycles. The van der Waals surface area contributed by atoms with Crippen LogP contribution in [0.5, 0.6) is 11.5 Å². The van der Waals surface area contributed by atoms with Gasteiger partial charge in [-0.3, -0.25) is 5.10 Å². The number of nitrogens with one attached hydrogen (secondary N) is 1. The Morgan fingerprint density at radius 3 is 2.32 bits per heavy atom. The van der Waals surface area contributed by atoms with E-state index in [1.807, 2.05) is 6.07 Å². The lowest BCUT2D eigenvalue weighted by molar-refractivity contribution is 0.349. The summed E-state index contributed by atoms with van der Waals surface area (Å²) in [6.07, 6.45) is 1.01. The monoisotopic (exact) mass is 451 g/mol. The van der Waals surface area contributed by atoms with Gasteiger partial charge >= 0.3 is 0 Å². The zero-order valence-electron chi connectivity index (χ0n) is 17.4. The number of hydrogen-bond donors (Lipinski definition) is 1. The summed E-state index contributed by atoms with van der Waals surface area (Å²) in [7, 11) is 0.0187. The number of aromatic nitrogens is 2. The minimum atomic E-state index is -4.06. The molecule has 0 aliphatic heterocycles. The number of H-pyrrole nitrogens is 1. The lowest BCUT2D eigenvalue weighted by Crippen LogP contribution is -2.29. The van der Waals surface area contributed by atoms with Crippen molar-refractivity contribution in [1.82, 2.24) is 14.5 Å². The maximum absolute atomic E-state index is 14.4. The molecule has 3 aromatic rings. The average Bonchev–Trinajstić information content (AvgIpc) is 3.22. The fourth-order valence-corrected chi connectivity index (χ4v) is 4.34. The van der Waals surface area contributed by atoms with Crippen molar-refractivity contribution in [2.24, 2.45) is 0 Å². The van der Waals surface area contributed by atoms with Gasteiger partial charge in [-0.1, -0.05) is 0 Å². The molecule has 7 nitrogen and oxygen atoms in total. The van der Waals surface area contributed by atoms with Crippen molar-refractivity contribution in [2.75, 3.05) is 27.8 Å². The van der Waals surface area contributed by atoms with Crippen LogP contribution < -0.4 is 9.47 Å². The molecule has 10 heteroatoms. The molecule has 0 aliphatic carbocycles. The first-order valence-corrected chi connectivity index (χ1v) is 10.9. The quantitative estimate of drug-likeness (QED) is 0.537. The van der Waals surface area contributed by atoms with Crippen LogP contribution in [0.25, 0.3) is 11.3 Å². The molecule has 166 valence electrons. The molecule has 1 N–H and O–H groups in total. The Morgan fingerprint density at radius 2 is 1.68 bits per heavy atom. The summed E-state index contributed by atoms with van der Waals surface area (Å²) in [4.78, 5) is -0.479. The van der Waals surface area contributed by atoms with Crippen LogP contribution in [-0.2, 0) is 16.4 Å². The second kappa shape index (κ2) is 9.44. The van der Waals surface area contributed by atoms with Crippen LogP contribution in [0.3, 0.4) is 0 Å². The fraction of sp³-hybridized carbons (Fsp3) is 0.286. The van der Waals surface area contributed by atoms with E-state index in [1.165, 1.54) is 33.4 Å². The summed E-state index contributed by atoms with van der Waals surface area (Å²) >= 11 is 0. The number of aromatic amines is 1. The molecular formula is C21H23F2N3O4S. The number of halogens is 2. The summed E-state index contributed by atoms with van der Waals surface area (Å²) in [6, 6.07) is 9.91. The lowest BCUT2D eigenvalue weighted by Gasteiger charge is -2.18. The van der Waals surface area contributed by atoms with Crippen molar-refractivity contribution in [3.05, 3.63) is 59.8 Å². The molecule has 0 saturated carbocycles. The third-order valence-corrected chi connectivity index (χ3v) is 6.69. The molecule has 1 aromatic heterocycles. The third-order valence-electron chi connectivity index (χ3n) is 4.82. The second-order valence-corrected chi connectivity index (χ2v) is 8.87. The summed E-state index contributed by atoms with van der Waals surface area (Å²) in [6.45, 7) is 0.168. The van der Waals surface area contributed by atoms with Gasteiger partial charge in [0.15, 0.2) is 11.5 Å². The predicted molar refractivity (Wildman–Crippen MR) is 112 cm³/mol. The Hall–Kier alpha value is -2.98. The highest BCUT2D eigenvalue weighted by Crippen LogP contribution is 2.33. The number of nitrogens with zero attached hydrogens (tertiary/aromatic N) is 2. The number of ether oxygens (including phenoxy) is 2. The molecular weight excluding hydrogens is 428 g/mol. The first kappa shape index (κ1) is 22.7. The van der Waals surface area contributed by atoms with E-state index < -0.39 is 20.7 Å². The molecule has 0 amide bonds. The third kappa shape index (κ3) is 5.02. The van der Waals surface area contributed by atoms with Crippen LogP contribution in [0.4, 0.5) is 8.78 Å². The zero-order valence-corrected chi connectivity index (χ0v) is 18.2. The molecule has 1 heterocycles. The van der Waals surface area contributed by atoms with Crippen LogP contribution in [0.15, 0.2) is 47.4 Å². The Labute approximate surface area is 179 Å². The van der Waals surface area contributed by atoms with Crippen LogP contribution in [-0.4, -0.2) is 50.7 Å². The van der Waals surface area contributed by atoms with Gasteiger partial charge in [0.1, 0.15) is 16.5 Å². The fourth-order valence-electron chi connectivity index (χ4n) is 3.07. The minimum absolute atomic E-state index is 0.109. The Kier molecular flexibility index (Phi) is 6.91. The standard InChI is InChI=1S/C21H23F2N3O4S/c1-26(31(27,28)21-13-20(30-3)19(29-2)12-17(21)23)10-4-5-16-11-18(25-24-16)14-6-8-15(22)9-7-14/h6-9,11-13H,4-5,10H2,1-3H3,(H,24,25). The van der Waals surface area contributed by atoms with Gasteiger partial charge in [0.05, 0.1) is 19.9 Å². The van der Waals surface area contributed by atoms with Gasteiger partial charge in [-0.05, 0) is 43.2 Å². The van der Waals surface area contributed by atoms with Crippen molar-refractivity contribution < 1.29 is 26.7 Å². The number of hydrogen-bond acceptors (Lipinski definition) is 5. The molecule has 3 rings (SSSR count). The van der Waals surface area contributed by atoms with Gasteiger partial charge in [0.25, 0.3) is 0 Å². The van der Waals surface area contributed by atoms with E-state index in [9.17, 15) is 17.2 Å². The normalized spacial score (nSPS) is 11.7. The van der Waals surface area contributed by atoms with Crippen LogP contribution in [0.2, 0.25) is 0 Å². The highest BCUT2D eigenvalue weighted by Gasteiger charge is 2.26. The summed E-state index contributed by atoms with van der Waals surface area (Å²) in [5, 5.41) is 7.10. The van der Waals surface area contributed by atoms with E-state index in [2.05, 4.69) is 10.2 Å². The summed E-state index contributed by atoms with van der Waals surface area (Å²) in [5.41, 5.74) is 2.25. The smallest absolute Gasteiger partial charge is 0.245 e. The van der Waals surface area contributed by atoms with Crippen molar-refractivity contribution >= 4 is 10.0 Å². The van der Waals surface area contributed by atoms with Gasteiger partial charge in [-0.2, -0.15) is 5.10 Å². The maximum atomic E-state index is 14.4. The number of rotatable bonds is 9. The van der Waals surface area contributed by atoms with E-state index in [-0.39, 0.29) is 23.9 Å². The highest BCUT2D eigenvalue weighted by atomic mass is 32.2. The lowest BCUT2D eigenvalue weighted by atomic mass is 10.1. The number of benzene rings is 2. The molecule has 0 atom stereocenters. The minimum Gasteiger partial charge on any atom is -0.493 e. The van der Waals surface area contributed by atoms with E-state index in [0.29, 0.717) is 18.5 Å². The largest absolute Gasteiger partial charge is 0.493 e. The molecule has 0 saturated heterocycles. The molecule has 0 fully saturated rings. The van der Waals surface area contributed by atoms with Crippen LogP contribution in [0, 0.1) is 11.6 Å². The highest BCUT2D eigenvalue weighted by molar-refractivity contribution is 7.89. The van der Waals surface area contributed by atoms with Crippen molar-refractivity contribution in [3.8, 4) is 22.8 Å². The van der Waals surface area contributed by atoms with Crippen molar-refractivity contribution in [3.63, 3.8) is 0 Å².